The second-order valence-electron chi connectivity index (χ2n) is 8.44. The van der Waals surface area contributed by atoms with Gasteiger partial charge in [0.15, 0.2) is 0 Å². The Bertz CT molecular complexity index is 938. The van der Waals surface area contributed by atoms with Gasteiger partial charge in [-0.25, -0.2) is 4.68 Å². The highest BCUT2D eigenvalue weighted by Gasteiger charge is 2.53. The summed E-state index contributed by atoms with van der Waals surface area (Å²) in [6.07, 6.45) is 6.12. The number of rotatable bonds is 4. The fraction of sp³-hybridized carbons (Fsp3) is 0.500. The van der Waals surface area contributed by atoms with Crippen LogP contribution in [0.4, 0.5) is 5.82 Å². The van der Waals surface area contributed by atoms with Crippen LogP contribution in [0, 0.1) is 0 Å². The minimum absolute atomic E-state index is 0.0841. The van der Waals surface area contributed by atoms with E-state index in [0.717, 1.165) is 30.6 Å². The number of hydrogen-bond acceptors (Lipinski definition) is 4. The number of thioether (sulfide) groups is 1. The maximum absolute atomic E-state index is 13.2. The van der Waals surface area contributed by atoms with Crippen molar-refractivity contribution in [1.82, 2.24) is 14.7 Å². The standard InChI is InChI=1S/C22H26N4O2S/c1-22-12-11-20(27)25(22)18(14-29-22)21(28)23-19-13-17(15-7-5-6-8-15)24-26(19)16-9-3-2-4-10-16/h2-4,9-10,13,15,18H,5-8,11-12,14H2,1H3,(H,23,28). The first kappa shape index (κ1) is 18.7. The third-order valence-electron chi connectivity index (χ3n) is 6.50. The van der Waals surface area contributed by atoms with E-state index in [9.17, 15) is 9.59 Å². The molecule has 0 radical (unpaired) electrons. The molecule has 7 heteroatoms. The van der Waals surface area contributed by atoms with Crippen LogP contribution in [0.2, 0.25) is 0 Å². The number of carbonyl (C=O) groups is 2. The summed E-state index contributed by atoms with van der Waals surface area (Å²) in [5.74, 6) is 1.75. The molecule has 2 atom stereocenters. The Morgan fingerprint density at radius 1 is 1.24 bits per heavy atom. The summed E-state index contributed by atoms with van der Waals surface area (Å²) in [4.78, 5) is 27.2. The van der Waals surface area contributed by atoms with Gasteiger partial charge in [0.05, 0.1) is 16.3 Å². The summed E-state index contributed by atoms with van der Waals surface area (Å²) in [6, 6.07) is 11.5. The van der Waals surface area contributed by atoms with Crippen LogP contribution in [0.1, 0.15) is 57.1 Å². The first-order valence-corrected chi connectivity index (χ1v) is 11.5. The smallest absolute Gasteiger partial charge is 0.249 e. The van der Waals surface area contributed by atoms with Crippen LogP contribution in [-0.4, -0.2) is 43.2 Å². The van der Waals surface area contributed by atoms with Crippen LogP contribution in [0.5, 0.6) is 0 Å². The minimum atomic E-state index is -0.422. The van der Waals surface area contributed by atoms with E-state index in [1.54, 1.807) is 16.7 Å². The molecular weight excluding hydrogens is 384 g/mol. The van der Waals surface area contributed by atoms with E-state index in [1.807, 2.05) is 41.1 Å². The maximum atomic E-state index is 13.2. The molecule has 0 bridgehead atoms. The molecule has 6 nitrogen and oxygen atoms in total. The second-order valence-corrected chi connectivity index (χ2v) is 9.94. The number of hydrogen-bond donors (Lipinski definition) is 1. The predicted octanol–water partition coefficient (Wildman–Crippen LogP) is 3.92. The molecular formula is C22H26N4O2S. The normalized spacial score (nSPS) is 26.9. The van der Waals surface area contributed by atoms with Crippen molar-refractivity contribution in [2.75, 3.05) is 11.1 Å². The lowest BCUT2D eigenvalue weighted by molar-refractivity contribution is -0.135. The molecule has 2 aromatic rings. The number of nitrogens with zero attached hydrogens (tertiary/aromatic N) is 3. The van der Waals surface area contributed by atoms with Gasteiger partial charge in [-0.1, -0.05) is 31.0 Å². The Morgan fingerprint density at radius 3 is 2.76 bits per heavy atom. The van der Waals surface area contributed by atoms with E-state index < -0.39 is 6.04 Å². The zero-order chi connectivity index (χ0) is 20.0. The Kier molecular flexibility index (Phi) is 4.65. The van der Waals surface area contributed by atoms with Gasteiger partial charge in [-0.3, -0.25) is 9.59 Å². The highest BCUT2D eigenvalue weighted by Crippen LogP contribution is 2.47. The number of para-hydroxylation sites is 1. The Labute approximate surface area is 175 Å². The number of amides is 2. The summed E-state index contributed by atoms with van der Waals surface area (Å²) in [5, 5.41) is 7.95. The third kappa shape index (κ3) is 3.25. The topological polar surface area (TPSA) is 67.2 Å². The summed E-state index contributed by atoms with van der Waals surface area (Å²) in [7, 11) is 0. The van der Waals surface area contributed by atoms with E-state index in [4.69, 9.17) is 5.10 Å². The average molecular weight is 411 g/mol. The van der Waals surface area contributed by atoms with Crippen LogP contribution in [0.15, 0.2) is 36.4 Å². The van der Waals surface area contributed by atoms with Gasteiger partial charge in [-0.05, 0) is 38.3 Å². The molecule has 3 heterocycles. The molecule has 2 saturated heterocycles. The fourth-order valence-corrected chi connectivity index (χ4v) is 6.33. The van der Waals surface area contributed by atoms with E-state index in [2.05, 4.69) is 12.2 Å². The second kappa shape index (κ2) is 7.20. The summed E-state index contributed by atoms with van der Waals surface area (Å²) in [6.45, 7) is 2.07. The molecule has 1 aromatic heterocycles. The highest BCUT2D eigenvalue weighted by atomic mass is 32.2. The molecule has 1 saturated carbocycles. The van der Waals surface area contributed by atoms with Gasteiger partial charge in [-0.2, -0.15) is 5.10 Å². The van der Waals surface area contributed by atoms with Gasteiger partial charge in [0.1, 0.15) is 11.9 Å². The van der Waals surface area contributed by atoms with Crippen LogP contribution in [0.3, 0.4) is 0 Å². The van der Waals surface area contributed by atoms with Gasteiger partial charge >= 0.3 is 0 Å². The lowest BCUT2D eigenvalue weighted by Gasteiger charge is -2.29. The number of carbonyl (C=O) groups excluding carboxylic acids is 2. The van der Waals surface area contributed by atoms with E-state index >= 15 is 0 Å². The van der Waals surface area contributed by atoms with E-state index in [1.165, 1.54) is 12.8 Å². The van der Waals surface area contributed by atoms with Crippen molar-refractivity contribution < 1.29 is 9.59 Å². The lowest BCUT2D eigenvalue weighted by atomic mass is 10.0. The van der Waals surface area contributed by atoms with E-state index in [-0.39, 0.29) is 16.7 Å². The monoisotopic (exact) mass is 410 g/mol. The molecule has 0 spiro atoms. The SMILES string of the molecule is CC12CCC(=O)N1C(C(=O)Nc1cc(C3CCCC3)nn1-c1ccccc1)CS2. The number of fused-ring (bicyclic) bond motifs is 1. The van der Waals surface area contributed by atoms with Crippen LogP contribution in [0.25, 0.3) is 5.69 Å². The molecule has 2 amide bonds. The van der Waals surface area contributed by atoms with Gasteiger partial charge in [0.2, 0.25) is 11.8 Å². The van der Waals surface area contributed by atoms with Crippen molar-refractivity contribution in [3.05, 3.63) is 42.1 Å². The van der Waals surface area contributed by atoms with Gasteiger partial charge in [0.25, 0.3) is 0 Å². The number of nitrogens with one attached hydrogen (secondary N) is 1. The Morgan fingerprint density at radius 2 is 2.00 bits per heavy atom. The molecule has 3 aliphatic rings. The molecule has 2 unspecified atom stereocenters. The average Bonchev–Trinajstić information content (AvgIpc) is 3.48. The number of aromatic nitrogens is 2. The Balaban J connectivity index is 1.44. The number of anilines is 1. The molecule has 1 aromatic carbocycles. The molecule has 5 rings (SSSR count). The van der Waals surface area contributed by atoms with Crippen molar-refractivity contribution in [3.63, 3.8) is 0 Å². The fourth-order valence-electron chi connectivity index (χ4n) is 4.90. The Hall–Kier alpha value is -2.28. The summed E-state index contributed by atoms with van der Waals surface area (Å²) in [5.41, 5.74) is 1.97. The zero-order valence-corrected chi connectivity index (χ0v) is 17.5. The molecule has 1 aliphatic carbocycles. The molecule has 3 fully saturated rings. The van der Waals surface area contributed by atoms with Crippen molar-refractivity contribution >= 4 is 29.4 Å². The quantitative estimate of drug-likeness (QED) is 0.830. The van der Waals surface area contributed by atoms with Crippen molar-refractivity contribution in [2.45, 2.75) is 62.3 Å². The van der Waals surface area contributed by atoms with Crippen LogP contribution in [-0.2, 0) is 9.59 Å². The minimum Gasteiger partial charge on any atom is -0.315 e. The van der Waals surface area contributed by atoms with Crippen molar-refractivity contribution in [3.8, 4) is 5.69 Å². The van der Waals surface area contributed by atoms with Crippen LogP contribution >= 0.6 is 11.8 Å². The zero-order valence-electron chi connectivity index (χ0n) is 16.6. The summed E-state index contributed by atoms with van der Waals surface area (Å²) >= 11 is 1.71. The third-order valence-corrected chi connectivity index (χ3v) is 8.01. The largest absolute Gasteiger partial charge is 0.315 e. The molecule has 29 heavy (non-hydrogen) atoms. The van der Waals surface area contributed by atoms with Gasteiger partial charge < -0.3 is 10.2 Å². The highest BCUT2D eigenvalue weighted by molar-refractivity contribution is 8.01. The number of benzene rings is 1. The first-order chi connectivity index (χ1) is 14.0. The van der Waals surface area contributed by atoms with Crippen molar-refractivity contribution in [2.24, 2.45) is 0 Å². The first-order valence-electron chi connectivity index (χ1n) is 10.5. The maximum Gasteiger partial charge on any atom is 0.249 e. The lowest BCUT2D eigenvalue weighted by Crippen LogP contribution is -2.48. The van der Waals surface area contributed by atoms with Gasteiger partial charge in [0, 0.05) is 24.2 Å². The molecule has 1 N–H and O–H groups in total. The summed E-state index contributed by atoms with van der Waals surface area (Å²) < 4.78 is 1.83. The van der Waals surface area contributed by atoms with Crippen molar-refractivity contribution in [1.29, 1.82) is 0 Å². The predicted molar refractivity (Wildman–Crippen MR) is 114 cm³/mol. The van der Waals surface area contributed by atoms with Crippen LogP contribution < -0.4 is 5.32 Å². The van der Waals surface area contributed by atoms with Gasteiger partial charge in [-0.15, -0.1) is 11.8 Å². The van der Waals surface area contributed by atoms with E-state index in [0.29, 0.717) is 23.9 Å². The molecule has 2 aliphatic heterocycles. The molecule has 152 valence electrons.